The number of pyridine rings is 1. The van der Waals surface area contributed by atoms with E-state index in [0.29, 0.717) is 12.1 Å². The third-order valence-electron chi connectivity index (χ3n) is 1.78. The van der Waals surface area contributed by atoms with E-state index in [1.54, 1.807) is 12.3 Å². The topological polar surface area (TPSA) is 91.2 Å². The molecule has 1 atom stereocenters. The summed E-state index contributed by atoms with van der Waals surface area (Å²) in [4.78, 5) is 14.9. The van der Waals surface area contributed by atoms with Crippen LogP contribution in [0.15, 0.2) is 18.5 Å². The summed E-state index contributed by atoms with van der Waals surface area (Å²) in [6.45, 7) is 0. The smallest absolute Gasteiger partial charge is 0.322 e. The van der Waals surface area contributed by atoms with Gasteiger partial charge in [-0.05, 0) is 18.1 Å². The molecule has 1 rings (SSSR count). The molecule has 1 aromatic heterocycles. The van der Waals surface area contributed by atoms with Crippen molar-refractivity contribution in [3.05, 3.63) is 24.0 Å². The number of rotatable bonds is 3. The Kier molecular flexibility index (Phi) is 3.41. The second-order valence-corrected chi connectivity index (χ2v) is 2.96. The summed E-state index contributed by atoms with van der Waals surface area (Å²) in [7, 11) is 1.31. The van der Waals surface area contributed by atoms with E-state index >= 15 is 0 Å². The lowest BCUT2D eigenvalue weighted by atomic mass is 10.1. The number of hydrogen-bond donors (Lipinski definition) is 2. The number of carbonyl (C=O) groups excluding carboxylic acids is 1. The molecule has 4 N–H and O–H groups in total. The largest absolute Gasteiger partial charge is 0.468 e. The molecule has 0 aliphatic heterocycles. The highest BCUT2D eigenvalue weighted by molar-refractivity contribution is 5.75. The summed E-state index contributed by atoms with van der Waals surface area (Å²) in [5, 5.41) is 0. The van der Waals surface area contributed by atoms with E-state index in [1.807, 2.05) is 0 Å². The molecule has 14 heavy (non-hydrogen) atoms. The lowest BCUT2D eigenvalue weighted by Crippen LogP contribution is -2.33. The predicted molar refractivity (Wildman–Crippen MR) is 52.3 cm³/mol. The zero-order valence-corrected chi connectivity index (χ0v) is 7.93. The molecule has 5 nitrogen and oxygen atoms in total. The van der Waals surface area contributed by atoms with Crippen LogP contribution in [-0.4, -0.2) is 24.1 Å². The van der Waals surface area contributed by atoms with Crippen LogP contribution in [0, 0.1) is 0 Å². The second-order valence-electron chi connectivity index (χ2n) is 2.96. The number of carbonyl (C=O) groups is 1. The molecule has 0 fully saturated rings. The van der Waals surface area contributed by atoms with Crippen LogP contribution in [0.4, 0.5) is 5.69 Å². The Balaban J connectivity index is 2.64. The maximum atomic E-state index is 11.0. The first-order valence-corrected chi connectivity index (χ1v) is 4.16. The highest BCUT2D eigenvalue weighted by atomic mass is 16.5. The summed E-state index contributed by atoms with van der Waals surface area (Å²) >= 11 is 0. The van der Waals surface area contributed by atoms with E-state index in [2.05, 4.69) is 9.72 Å². The molecule has 0 saturated heterocycles. The fraction of sp³-hybridized carbons (Fsp3) is 0.333. The van der Waals surface area contributed by atoms with Gasteiger partial charge in [0.25, 0.3) is 0 Å². The molecule has 5 heteroatoms. The normalized spacial score (nSPS) is 12.1. The van der Waals surface area contributed by atoms with Crippen LogP contribution in [0.5, 0.6) is 0 Å². The van der Waals surface area contributed by atoms with Crippen LogP contribution in [0.2, 0.25) is 0 Å². The molecule has 1 aromatic rings. The molecular formula is C9H13N3O2. The molecule has 0 aliphatic rings. The number of methoxy groups -OCH3 is 1. The van der Waals surface area contributed by atoms with Gasteiger partial charge in [-0.15, -0.1) is 0 Å². The van der Waals surface area contributed by atoms with Crippen molar-refractivity contribution in [2.75, 3.05) is 12.8 Å². The first kappa shape index (κ1) is 10.5. The fourth-order valence-corrected chi connectivity index (χ4v) is 1.11. The minimum absolute atomic E-state index is 0.380. The highest BCUT2D eigenvalue weighted by Crippen LogP contribution is 2.06. The zero-order chi connectivity index (χ0) is 10.6. The number of esters is 1. The third-order valence-corrected chi connectivity index (χ3v) is 1.78. The first-order valence-electron chi connectivity index (χ1n) is 4.16. The monoisotopic (exact) mass is 195 g/mol. The number of aromatic nitrogens is 1. The van der Waals surface area contributed by atoms with Gasteiger partial charge in [0, 0.05) is 12.4 Å². The van der Waals surface area contributed by atoms with Crippen LogP contribution in [0.3, 0.4) is 0 Å². The Morgan fingerprint density at radius 3 is 2.93 bits per heavy atom. The number of nitrogens with zero attached hydrogens (tertiary/aromatic N) is 1. The highest BCUT2D eigenvalue weighted by Gasteiger charge is 2.14. The number of nitrogen functional groups attached to an aromatic ring is 1. The van der Waals surface area contributed by atoms with Gasteiger partial charge in [0.05, 0.1) is 12.8 Å². The minimum Gasteiger partial charge on any atom is -0.468 e. The number of nitrogens with two attached hydrogens (primary N) is 2. The van der Waals surface area contributed by atoms with Crippen molar-refractivity contribution >= 4 is 11.7 Å². The van der Waals surface area contributed by atoms with Crippen molar-refractivity contribution in [2.45, 2.75) is 12.5 Å². The number of hydrogen-bond acceptors (Lipinski definition) is 5. The van der Waals surface area contributed by atoms with E-state index in [-0.39, 0.29) is 0 Å². The van der Waals surface area contributed by atoms with Gasteiger partial charge in [-0.1, -0.05) is 0 Å². The molecule has 0 bridgehead atoms. The van der Waals surface area contributed by atoms with Gasteiger partial charge in [0.15, 0.2) is 0 Å². The summed E-state index contributed by atoms with van der Waals surface area (Å²) in [5.41, 5.74) is 12.5. The van der Waals surface area contributed by atoms with Gasteiger partial charge in [0.2, 0.25) is 0 Å². The molecular weight excluding hydrogens is 182 g/mol. The van der Waals surface area contributed by atoms with Crippen molar-refractivity contribution < 1.29 is 9.53 Å². The van der Waals surface area contributed by atoms with Crippen LogP contribution >= 0.6 is 0 Å². The zero-order valence-electron chi connectivity index (χ0n) is 7.93. The summed E-state index contributed by atoms with van der Waals surface area (Å²) in [6.07, 6.45) is 3.54. The van der Waals surface area contributed by atoms with E-state index < -0.39 is 12.0 Å². The van der Waals surface area contributed by atoms with E-state index in [9.17, 15) is 4.79 Å². The van der Waals surface area contributed by atoms with Gasteiger partial charge in [-0.2, -0.15) is 0 Å². The van der Waals surface area contributed by atoms with Crippen LogP contribution in [-0.2, 0) is 16.0 Å². The van der Waals surface area contributed by atoms with Gasteiger partial charge in [-0.3, -0.25) is 9.78 Å². The molecule has 0 radical (unpaired) electrons. The Morgan fingerprint density at radius 1 is 1.64 bits per heavy atom. The molecule has 0 aliphatic carbocycles. The Morgan fingerprint density at radius 2 is 2.36 bits per heavy atom. The van der Waals surface area contributed by atoms with Crippen molar-refractivity contribution in [3.8, 4) is 0 Å². The lowest BCUT2D eigenvalue weighted by Gasteiger charge is -2.08. The van der Waals surface area contributed by atoms with E-state index in [0.717, 1.165) is 5.56 Å². The van der Waals surface area contributed by atoms with Crippen LogP contribution in [0.25, 0.3) is 0 Å². The molecule has 0 amide bonds. The van der Waals surface area contributed by atoms with Crippen LogP contribution < -0.4 is 11.5 Å². The van der Waals surface area contributed by atoms with Gasteiger partial charge >= 0.3 is 5.97 Å². The Hall–Kier alpha value is -1.62. The average molecular weight is 195 g/mol. The van der Waals surface area contributed by atoms with Gasteiger partial charge in [0.1, 0.15) is 6.04 Å². The van der Waals surface area contributed by atoms with E-state index in [1.165, 1.54) is 13.3 Å². The fourth-order valence-electron chi connectivity index (χ4n) is 1.11. The number of anilines is 1. The standard InChI is InChI=1S/C9H13N3O2/c1-14-9(13)8(11)3-6-2-7(10)5-12-4-6/h2,4-5,8H,3,10-11H2,1H3/t8-/m1/s1. The lowest BCUT2D eigenvalue weighted by molar-refractivity contribution is -0.142. The van der Waals surface area contributed by atoms with Gasteiger partial charge in [-0.25, -0.2) is 0 Å². The summed E-state index contributed by atoms with van der Waals surface area (Å²) < 4.78 is 4.50. The first-order chi connectivity index (χ1) is 6.63. The predicted octanol–water partition coefficient (Wildman–Crippen LogP) is -0.293. The molecule has 0 unspecified atom stereocenters. The Labute approximate surface area is 82.1 Å². The molecule has 76 valence electrons. The molecule has 0 spiro atoms. The van der Waals surface area contributed by atoms with Crippen molar-refractivity contribution in [1.82, 2.24) is 4.98 Å². The average Bonchev–Trinajstić information content (AvgIpc) is 2.16. The SMILES string of the molecule is COC(=O)[C@H](N)Cc1cncc(N)c1. The second kappa shape index (κ2) is 4.57. The molecule has 0 aromatic carbocycles. The molecule has 1 heterocycles. The maximum Gasteiger partial charge on any atom is 0.322 e. The Bertz CT molecular complexity index is 328. The third kappa shape index (κ3) is 2.70. The molecule has 0 saturated carbocycles. The van der Waals surface area contributed by atoms with Crippen molar-refractivity contribution in [2.24, 2.45) is 5.73 Å². The maximum absolute atomic E-state index is 11.0. The summed E-state index contributed by atoms with van der Waals surface area (Å²) in [6, 6.07) is 1.07. The van der Waals surface area contributed by atoms with E-state index in [4.69, 9.17) is 11.5 Å². The number of ether oxygens (including phenoxy) is 1. The van der Waals surface area contributed by atoms with Gasteiger partial charge < -0.3 is 16.2 Å². The van der Waals surface area contributed by atoms with Crippen molar-refractivity contribution in [1.29, 1.82) is 0 Å². The van der Waals surface area contributed by atoms with Crippen molar-refractivity contribution in [3.63, 3.8) is 0 Å². The van der Waals surface area contributed by atoms with Crippen LogP contribution in [0.1, 0.15) is 5.56 Å². The quantitative estimate of drug-likeness (QED) is 0.646. The summed E-state index contributed by atoms with van der Waals surface area (Å²) in [5.74, 6) is -0.438. The minimum atomic E-state index is -0.663.